The average Bonchev–Trinajstić information content (AvgIpc) is 2.48. The Morgan fingerprint density at radius 1 is 1.27 bits per heavy atom. The van der Waals surface area contributed by atoms with Gasteiger partial charge in [-0.1, -0.05) is 0 Å². The first-order valence-electron chi connectivity index (χ1n) is 7.33. The third kappa shape index (κ3) is 7.40. The third-order valence-electron chi connectivity index (χ3n) is 3.71. The van der Waals surface area contributed by atoms with Crippen LogP contribution >= 0.6 is 24.8 Å². The van der Waals surface area contributed by atoms with Gasteiger partial charge in [0.15, 0.2) is 0 Å². The number of pyridine rings is 1. The smallest absolute Gasteiger partial charge is 0.221 e. The number of hydrogen-bond acceptors (Lipinski definition) is 4. The van der Waals surface area contributed by atoms with Gasteiger partial charge in [-0.25, -0.2) is 0 Å². The molecule has 1 aromatic rings. The van der Waals surface area contributed by atoms with Crippen molar-refractivity contribution in [3.8, 4) is 0 Å². The molecule has 22 heavy (non-hydrogen) atoms. The molecule has 1 aliphatic rings. The van der Waals surface area contributed by atoms with Gasteiger partial charge >= 0.3 is 0 Å². The number of halogens is 2. The molecule has 0 unspecified atom stereocenters. The van der Waals surface area contributed by atoms with E-state index >= 15 is 0 Å². The molecular formula is C15H26Cl2N4O. The Morgan fingerprint density at radius 2 is 1.91 bits per heavy atom. The van der Waals surface area contributed by atoms with Crippen LogP contribution in [0.2, 0.25) is 0 Å². The Morgan fingerprint density at radius 3 is 2.50 bits per heavy atom. The number of rotatable bonds is 6. The monoisotopic (exact) mass is 348 g/mol. The summed E-state index contributed by atoms with van der Waals surface area (Å²) in [6.07, 6.45) is 6.31. The van der Waals surface area contributed by atoms with Gasteiger partial charge < -0.3 is 10.6 Å². The van der Waals surface area contributed by atoms with Crippen LogP contribution in [-0.2, 0) is 11.3 Å². The minimum Gasteiger partial charge on any atom is -0.353 e. The normalized spacial score (nSPS) is 15.5. The van der Waals surface area contributed by atoms with Gasteiger partial charge in [0.25, 0.3) is 0 Å². The predicted octanol–water partition coefficient (Wildman–Crippen LogP) is 1.62. The summed E-state index contributed by atoms with van der Waals surface area (Å²) >= 11 is 0. The van der Waals surface area contributed by atoms with Gasteiger partial charge in [0.2, 0.25) is 5.91 Å². The summed E-state index contributed by atoms with van der Waals surface area (Å²) in [5, 5.41) is 6.12. The number of likely N-dealkylation sites (tertiary alicyclic amines) is 1. The van der Waals surface area contributed by atoms with Gasteiger partial charge in [0.05, 0.1) is 0 Å². The molecule has 0 saturated carbocycles. The highest BCUT2D eigenvalue weighted by Gasteiger charge is 2.20. The topological polar surface area (TPSA) is 57.3 Å². The van der Waals surface area contributed by atoms with Gasteiger partial charge in [-0.05, 0) is 37.6 Å². The molecule has 1 amide bonds. The van der Waals surface area contributed by atoms with Crippen LogP contribution < -0.4 is 10.6 Å². The second-order valence-electron chi connectivity index (χ2n) is 5.33. The molecule has 0 bridgehead atoms. The maximum absolute atomic E-state index is 11.7. The van der Waals surface area contributed by atoms with Crippen molar-refractivity contribution < 1.29 is 4.79 Å². The zero-order valence-electron chi connectivity index (χ0n) is 13.0. The third-order valence-corrected chi connectivity index (χ3v) is 3.71. The molecule has 0 aromatic carbocycles. The summed E-state index contributed by atoms with van der Waals surface area (Å²) < 4.78 is 0. The van der Waals surface area contributed by atoms with Crippen molar-refractivity contribution in [3.63, 3.8) is 0 Å². The van der Waals surface area contributed by atoms with Crippen LogP contribution in [0.4, 0.5) is 0 Å². The lowest BCUT2D eigenvalue weighted by atomic mass is 10.0. The molecule has 0 aliphatic carbocycles. The zero-order valence-corrected chi connectivity index (χ0v) is 14.6. The van der Waals surface area contributed by atoms with E-state index in [9.17, 15) is 4.79 Å². The van der Waals surface area contributed by atoms with Crippen molar-refractivity contribution in [2.45, 2.75) is 31.8 Å². The van der Waals surface area contributed by atoms with Crippen LogP contribution in [0.15, 0.2) is 24.5 Å². The minimum atomic E-state index is 0. The van der Waals surface area contributed by atoms with E-state index in [2.05, 4.69) is 32.7 Å². The van der Waals surface area contributed by atoms with E-state index in [1.807, 2.05) is 19.4 Å². The molecule has 126 valence electrons. The lowest BCUT2D eigenvalue weighted by molar-refractivity contribution is -0.122. The fraction of sp³-hybridized carbons (Fsp3) is 0.600. The van der Waals surface area contributed by atoms with Crippen molar-refractivity contribution >= 4 is 30.7 Å². The van der Waals surface area contributed by atoms with E-state index in [-0.39, 0.29) is 30.7 Å². The van der Waals surface area contributed by atoms with E-state index in [1.165, 1.54) is 5.56 Å². The maximum atomic E-state index is 11.7. The Kier molecular flexibility index (Phi) is 11.2. The van der Waals surface area contributed by atoms with Crippen LogP contribution in [0.1, 0.15) is 24.8 Å². The molecule has 2 rings (SSSR count). The molecule has 0 spiro atoms. The van der Waals surface area contributed by atoms with Crippen LogP contribution in [0.3, 0.4) is 0 Å². The van der Waals surface area contributed by atoms with Crippen LogP contribution in [0.25, 0.3) is 0 Å². The van der Waals surface area contributed by atoms with Gasteiger partial charge in [-0.3, -0.25) is 14.7 Å². The number of carbonyl (C=O) groups is 1. The van der Waals surface area contributed by atoms with Gasteiger partial charge in [0, 0.05) is 51.0 Å². The zero-order chi connectivity index (χ0) is 14.2. The molecular weight excluding hydrogens is 323 g/mol. The molecule has 2 heterocycles. The Hall–Kier alpha value is -0.880. The molecule has 2 N–H and O–H groups in total. The molecule has 5 nitrogen and oxygen atoms in total. The standard InChI is InChI=1S/C15H24N4O.2ClH/c1-16-7-4-15(20)18-14-5-10-19(11-6-14)12-13-2-8-17-9-3-13;;/h2-3,8-9,14,16H,4-7,10-12H2,1H3,(H,18,20);2*1H. The summed E-state index contributed by atoms with van der Waals surface area (Å²) in [4.78, 5) is 18.1. The van der Waals surface area contributed by atoms with Crippen molar-refractivity contribution in [1.82, 2.24) is 20.5 Å². The second-order valence-corrected chi connectivity index (χ2v) is 5.33. The Balaban J connectivity index is 0.00000220. The highest BCUT2D eigenvalue weighted by molar-refractivity contribution is 5.85. The molecule has 1 fully saturated rings. The molecule has 1 aromatic heterocycles. The first kappa shape index (κ1) is 21.1. The second kappa shape index (κ2) is 11.7. The summed E-state index contributed by atoms with van der Waals surface area (Å²) in [5.74, 6) is 0.159. The van der Waals surface area contributed by atoms with Crippen molar-refractivity contribution in [2.75, 3.05) is 26.7 Å². The van der Waals surface area contributed by atoms with E-state index < -0.39 is 0 Å². The highest BCUT2D eigenvalue weighted by Crippen LogP contribution is 2.13. The number of nitrogens with one attached hydrogen (secondary N) is 2. The minimum absolute atomic E-state index is 0. The van der Waals surface area contributed by atoms with Crippen molar-refractivity contribution in [2.24, 2.45) is 0 Å². The molecule has 1 saturated heterocycles. The summed E-state index contributed by atoms with van der Waals surface area (Å²) in [6, 6.07) is 4.46. The van der Waals surface area contributed by atoms with Crippen molar-refractivity contribution in [1.29, 1.82) is 0 Å². The lowest BCUT2D eigenvalue weighted by Crippen LogP contribution is -2.44. The number of amides is 1. The molecule has 1 aliphatic heterocycles. The fourth-order valence-electron chi connectivity index (χ4n) is 2.52. The van der Waals surface area contributed by atoms with Crippen LogP contribution in [-0.4, -0.2) is 48.5 Å². The molecule has 0 radical (unpaired) electrons. The summed E-state index contributed by atoms with van der Waals surface area (Å²) in [7, 11) is 1.87. The number of carbonyl (C=O) groups excluding carboxylic acids is 1. The van der Waals surface area contributed by atoms with Gasteiger partial charge in [-0.2, -0.15) is 0 Å². The highest BCUT2D eigenvalue weighted by atomic mass is 35.5. The SMILES string of the molecule is CNCCC(=O)NC1CCN(Cc2ccncc2)CC1.Cl.Cl. The number of piperidine rings is 1. The van der Waals surface area contributed by atoms with Gasteiger partial charge in [-0.15, -0.1) is 24.8 Å². The number of hydrogen-bond donors (Lipinski definition) is 2. The number of nitrogens with zero attached hydrogens (tertiary/aromatic N) is 2. The lowest BCUT2D eigenvalue weighted by Gasteiger charge is -2.32. The first-order valence-corrected chi connectivity index (χ1v) is 7.33. The largest absolute Gasteiger partial charge is 0.353 e. The van der Waals surface area contributed by atoms with E-state index in [4.69, 9.17) is 0 Å². The summed E-state index contributed by atoms with van der Waals surface area (Å²) in [6.45, 7) is 3.80. The molecule has 0 atom stereocenters. The van der Waals surface area contributed by atoms with Crippen LogP contribution in [0.5, 0.6) is 0 Å². The van der Waals surface area contributed by atoms with E-state index in [0.29, 0.717) is 12.5 Å². The predicted molar refractivity (Wildman–Crippen MR) is 93.7 cm³/mol. The fourth-order valence-corrected chi connectivity index (χ4v) is 2.52. The quantitative estimate of drug-likeness (QED) is 0.819. The van der Waals surface area contributed by atoms with E-state index in [0.717, 1.165) is 39.0 Å². The van der Waals surface area contributed by atoms with Crippen LogP contribution in [0, 0.1) is 0 Å². The van der Waals surface area contributed by atoms with E-state index in [1.54, 1.807) is 0 Å². The average molecular weight is 349 g/mol. The Bertz CT molecular complexity index is 411. The number of aromatic nitrogens is 1. The molecule has 7 heteroatoms. The van der Waals surface area contributed by atoms with Crippen molar-refractivity contribution in [3.05, 3.63) is 30.1 Å². The summed E-state index contributed by atoms with van der Waals surface area (Å²) in [5.41, 5.74) is 1.30. The maximum Gasteiger partial charge on any atom is 0.221 e. The Labute approximate surface area is 145 Å². The first-order chi connectivity index (χ1) is 9.78. The van der Waals surface area contributed by atoms with Gasteiger partial charge in [0.1, 0.15) is 0 Å².